The van der Waals surface area contributed by atoms with Crippen LogP contribution in [-0.2, 0) is 6.54 Å². The van der Waals surface area contributed by atoms with Crippen molar-refractivity contribution in [3.8, 4) is 0 Å². The van der Waals surface area contributed by atoms with Crippen LogP contribution in [0.1, 0.15) is 35.3 Å². The fraction of sp³-hybridized carbons (Fsp3) is 0.368. The van der Waals surface area contributed by atoms with Gasteiger partial charge in [0, 0.05) is 31.1 Å². The summed E-state index contributed by atoms with van der Waals surface area (Å²) in [6.45, 7) is 2.39. The summed E-state index contributed by atoms with van der Waals surface area (Å²) in [6, 6.07) is 8.42. The highest BCUT2D eigenvalue weighted by Crippen LogP contribution is 2.20. The first kappa shape index (κ1) is 15.9. The highest BCUT2D eigenvalue weighted by atomic mass is 16.3. The van der Waals surface area contributed by atoms with Gasteiger partial charge in [-0.15, -0.1) is 0 Å². The Morgan fingerprint density at radius 2 is 2.32 bits per heavy atom. The van der Waals surface area contributed by atoms with Gasteiger partial charge < -0.3 is 19.6 Å². The number of aromatic nitrogens is 2. The molecule has 25 heavy (non-hydrogen) atoms. The number of imidazole rings is 1. The number of hydrogen-bond donors (Lipinski definition) is 2. The van der Waals surface area contributed by atoms with Crippen molar-refractivity contribution in [3.63, 3.8) is 0 Å². The third kappa shape index (κ3) is 3.44. The lowest BCUT2D eigenvalue weighted by atomic mass is 10.0. The highest BCUT2D eigenvalue weighted by Gasteiger charge is 2.27. The molecule has 0 aliphatic carbocycles. The summed E-state index contributed by atoms with van der Waals surface area (Å²) in [6.07, 6.45) is 8.13. The largest absolute Gasteiger partial charge is 0.464 e. The van der Waals surface area contributed by atoms with Gasteiger partial charge in [-0.05, 0) is 43.0 Å². The predicted octanol–water partition coefficient (Wildman–Crippen LogP) is 2.94. The SMILES string of the molecule is O=C(c1cnc[nH]1)N1CCCC[C@H]1CNCc1ccc2occc2c1. The minimum absolute atomic E-state index is 0.0452. The molecule has 130 valence electrons. The normalized spacial score (nSPS) is 17.9. The summed E-state index contributed by atoms with van der Waals surface area (Å²) in [5.74, 6) is 0.0452. The van der Waals surface area contributed by atoms with Gasteiger partial charge in [0.1, 0.15) is 11.3 Å². The lowest BCUT2D eigenvalue weighted by molar-refractivity contribution is 0.0606. The highest BCUT2D eigenvalue weighted by molar-refractivity contribution is 5.92. The Balaban J connectivity index is 1.37. The van der Waals surface area contributed by atoms with Crippen molar-refractivity contribution in [2.45, 2.75) is 31.8 Å². The second-order valence-electron chi connectivity index (χ2n) is 6.54. The third-order valence-corrected chi connectivity index (χ3v) is 4.84. The number of nitrogens with zero attached hydrogens (tertiary/aromatic N) is 2. The number of likely N-dealkylation sites (tertiary alicyclic amines) is 1. The van der Waals surface area contributed by atoms with Crippen LogP contribution in [0.25, 0.3) is 11.0 Å². The van der Waals surface area contributed by atoms with Gasteiger partial charge in [0.25, 0.3) is 5.91 Å². The molecule has 1 atom stereocenters. The Kier molecular flexibility index (Phi) is 4.52. The Labute approximate surface area is 146 Å². The van der Waals surface area contributed by atoms with Gasteiger partial charge in [0.2, 0.25) is 0 Å². The van der Waals surface area contributed by atoms with Crippen LogP contribution in [0.2, 0.25) is 0 Å². The Morgan fingerprint density at radius 1 is 1.36 bits per heavy atom. The van der Waals surface area contributed by atoms with Crippen molar-refractivity contribution in [1.29, 1.82) is 0 Å². The zero-order valence-electron chi connectivity index (χ0n) is 14.1. The number of nitrogens with one attached hydrogen (secondary N) is 2. The zero-order chi connectivity index (χ0) is 17.1. The predicted molar refractivity (Wildman–Crippen MR) is 95.2 cm³/mol. The molecule has 0 radical (unpaired) electrons. The summed E-state index contributed by atoms with van der Waals surface area (Å²) in [7, 11) is 0. The third-order valence-electron chi connectivity index (χ3n) is 4.84. The number of piperidine rings is 1. The second kappa shape index (κ2) is 7.11. The summed E-state index contributed by atoms with van der Waals surface area (Å²) in [4.78, 5) is 21.5. The maximum Gasteiger partial charge on any atom is 0.272 e. The second-order valence-corrected chi connectivity index (χ2v) is 6.54. The Morgan fingerprint density at radius 3 is 3.20 bits per heavy atom. The van der Waals surface area contributed by atoms with Gasteiger partial charge in [0.15, 0.2) is 0 Å². The number of fused-ring (bicyclic) bond motifs is 1. The van der Waals surface area contributed by atoms with Crippen LogP contribution in [0.15, 0.2) is 47.5 Å². The van der Waals surface area contributed by atoms with Crippen molar-refractivity contribution in [3.05, 3.63) is 54.3 Å². The molecular weight excluding hydrogens is 316 g/mol. The number of H-pyrrole nitrogens is 1. The molecule has 1 saturated heterocycles. The molecule has 1 aliphatic heterocycles. The van der Waals surface area contributed by atoms with Gasteiger partial charge in [-0.1, -0.05) is 6.07 Å². The summed E-state index contributed by atoms with van der Waals surface area (Å²) >= 11 is 0. The number of carbonyl (C=O) groups excluding carboxylic acids is 1. The zero-order valence-corrected chi connectivity index (χ0v) is 14.1. The van der Waals surface area contributed by atoms with Gasteiger partial charge in [-0.3, -0.25) is 4.79 Å². The minimum Gasteiger partial charge on any atom is -0.464 e. The van der Waals surface area contributed by atoms with Crippen molar-refractivity contribution < 1.29 is 9.21 Å². The molecule has 0 saturated carbocycles. The molecule has 3 heterocycles. The summed E-state index contributed by atoms with van der Waals surface area (Å²) in [5, 5.41) is 4.63. The first-order chi connectivity index (χ1) is 12.3. The molecule has 1 amide bonds. The molecule has 3 aromatic rings. The number of benzene rings is 1. The first-order valence-electron chi connectivity index (χ1n) is 8.77. The van der Waals surface area contributed by atoms with E-state index in [-0.39, 0.29) is 11.9 Å². The number of carbonyl (C=O) groups is 1. The number of aromatic amines is 1. The van der Waals surface area contributed by atoms with Crippen LogP contribution >= 0.6 is 0 Å². The first-order valence-corrected chi connectivity index (χ1v) is 8.77. The lowest BCUT2D eigenvalue weighted by Gasteiger charge is -2.35. The number of rotatable bonds is 5. The van der Waals surface area contributed by atoms with Crippen molar-refractivity contribution in [1.82, 2.24) is 20.2 Å². The van der Waals surface area contributed by atoms with Crippen LogP contribution in [-0.4, -0.2) is 39.9 Å². The molecule has 4 rings (SSSR count). The van der Waals surface area contributed by atoms with Gasteiger partial charge >= 0.3 is 0 Å². The Hall–Kier alpha value is -2.60. The topological polar surface area (TPSA) is 74.2 Å². The van der Waals surface area contributed by atoms with E-state index >= 15 is 0 Å². The average molecular weight is 338 g/mol. The monoisotopic (exact) mass is 338 g/mol. The minimum atomic E-state index is 0.0452. The maximum absolute atomic E-state index is 12.6. The van der Waals surface area contributed by atoms with Crippen LogP contribution in [0.5, 0.6) is 0 Å². The number of amides is 1. The Bertz CT molecular complexity index is 840. The van der Waals surface area contributed by atoms with Crippen LogP contribution in [0, 0.1) is 0 Å². The average Bonchev–Trinajstić information content (AvgIpc) is 3.33. The van der Waals surface area contributed by atoms with Crippen LogP contribution in [0.3, 0.4) is 0 Å². The molecule has 0 spiro atoms. The fourth-order valence-electron chi connectivity index (χ4n) is 3.52. The maximum atomic E-state index is 12.6. The molecule has 6 nitrogen and oxygen atoms in total. The molecule has 2 N–H and O–H groups in total. The summed E-state index contributed by atoms with van der Waals surface area (Å²) in [5.41, 5.74) is 2.70. The molecule has 0 unspecified atom stereocenters. The quantitative estimate of drug-likeness (QED) is 0.750. The van der Waals surface area contributed by atoms with Gasteiger partial charge in [-0.2, -0.15) is 0 Å². The molecule has 1 aromatic carbocycles. The standard InChI is InChI=1S/C19H22N4O2/c24-19(17-12-21-13-22-17)23-7-2-1-3-16(23)11-20-10-14-4-5-18-15(9-14)6-8-25-18/h4-6,8-9,12-13,16,20H,1-3,7,10-11H2,(H,21,22)/t16-/m0/s1. The van der Waals surface area contributed by atoms with Crippen LogP contribution < -0.4 is 5.32 Å². The molecule has 1 aliphatic rings. The van der Waals surface area contributed by atoms with E-state index in [1.54, 1.807) is 18.8 Å². The molecule has 1 fully saturated rings. The van der Waals surface area contributed by atoms with E-state index < -0.39 is 0 Å². The smallest absolute Gasteiger partial charge is 0.272 e. The fourth-order valence-corrected chi connectivity index (χ4v) is 3.52. The molecule has 2 aromatic heterocycles. The van der Waals surface area contributed by atoms with E-state index in [0.717, 1.165) is 43.4 Å². The van der Waals surface area contributed by atoms with E-state index in [2.05, 4.69) is 27.4 Å². The van der Waals surface area contributed by atoms with Crippen LogP contribution in [0.4, 0.5) is 0 Å². The van der Waals surface area contributed by atoms with E-state index in [4.69, 9.17) is 4.42 Å². The van der Waals surface area contributed by atoms with Crippen molar-refractivity contribution in [2.24, 2.45) is 0 Å². The van der Waals surface area contributed by atoms with E-state index in [0.29, 0.717) is 5.69 Å². The van der Waals surface area contributed by atoms with E-state index in [1.807, 2.05) is 17.0 Å². The molecular formula is C19H22N4O2. The number of hydrogen-bond acceptors (Lipinski definition) is 4. The van der Waals surface area contributed by atoms with Crippen molar-refractivity contribution >= 4 is 16.9 Å². The summed E-state index contributed by atoms with van der Waals surface area (Å²) < 4.78 is 5.38. The van der Waals surface area contributed by atoms with Gasteiger partial charge in [0.05, 0.1) is 18.8 Å². The van der Waals surface area contributed by atoms with Crippen molar-refractivity contribution in [2.75, 3.05) is 13.1 Å². The van der Waals surface area contributed by atoms with E-state index in [9.17, 15) is 4.79 Å². The lowest BCUT2D eigenvalue weighted by Crippen LogP contribution is -2.48. The molecule has 6 heteroatoms. The van der Waals surface area contributed by atoms with Gasteiger partial charge in [-0.25, -0.2) is 4.98 Å². The van der Waals surface area contributed by atoms with E-state index in [1.165, 1.54) is 12.0 Å². The molecule has 0 bridgehead atoms. The number of furan rings is 1.